The van der Waals surface area contributed by atoms with Gasteiger partial charge >= 0.3 is 0 Å². The zero-order valence-electron chi connectivity index (χ0n) is 14.6. The van der Waals surface area contributed by atoms with Crippen molar-refractivity contribution in [2.45, 2.75) is 13.2 Å². The number of rotatable bonds is 7. The number of para-hydroxylation sites is 1. The summed E-state index contributed by atoms with van der Waals surface area (Å²) in [5.74, 6) is 0.642. The molecule has 1 unspecified atom stereocenters. The fourth-order valence-electron chi connectivity index (χ4n) is 2.69. The lowest BCUT2D eigenvalue weighted by molar-refractivity contribution is -0.0701. The summed E-state index contributed by atoms with van der Waals surface area (Å²) < 4.78 is 24.9. The summed E-state index contributed by atoms with van der Waals surface area (Å²) in [6.07, 6.45) is 3.31. The first-order chi connectivity index (χ1) is 12.1. The van der Waals surface area contributed by atoms with Crippen molar-refractivity contribution < 1.29 is 13.9 Å². The topological polar surface area (TPSA) is 39.0 Å². The quantitative estimate of drug-likeness (QED) is 0.612. The number of pyridine rings is 1. The number of ether oxygens (including phenoxy) is 2. The Morgan fingerprint density at radius 2 is 1.96 bits per heavy atom. The van der Waals surface area contributed by atoms with Crippen LogP contribution >= 0.6 is 0 Å². The first-order valence-corrected chi connectivity index (χ1v) is 8.18. The molecule has 1 atom stereocenters. The van der Waals surface area contributed by atoms with Gasteiger partial charge in [0.1, 0.15) is 18.1 Å². The molecule has 0 amide bonds. The minimum atomic E-state index is -0.525. The van der Waals surface area contributed by atoms with E-state index in [4.69, 9.17) is 14.5 Å². The second kappa shape index (κ2) is 7.53. The van der Waals surface area contributed by atoms with Crippen LogP contribution in [0.2, 0.25) is 0 Å². The first kappa shape index (κ1) is 17.2. The zero-order valence-corrected chi connectivity index (χ0v) is 14.6. The number of imidazole rings is 1. The summed E-state index contributed by atoms with van der Waals surface area (Å²) in [6.45, 7) is 1.25. The summed E-state index contributed by atoms with van der Waals surface area (Å²) in [6, 6.07) is 11.9. The Bertz CT molecular complexity index is 848. The van der Waals surface area contributed by atoms with Gasteiger partial charge in [-0.05, 0) is 25.1 Å². The van der Waals surface area contributed by atoms with Crippen LogP contribution in [0.1, 0.15) is 6.92 Å². The van der Waals surface area contributed by atoms with Gasteiger partial charge in [0, 0.05) is 31.5 Å². The number of aromatic nitrogens is 2. The highest BCUT2D eigenvalue weighted by atomic mass is 19.1. The average molecular weight is 343 g/mol. The van der Waals surface area contributed by atoms with Gasteiger partial charge in [-0.1, -0.05) is 18.2 Å². The number of halogens is 1. The third kappa shape index (κ3) is 3.91. The van der Waals surface area contributed by atoms with Crippen LogP contribution in [0.25, 0.3) is 16.9 Å². The molecule has 0 aliphatic heterocycles. The molecule has 3 aromatic rings. The lowest BCUT2D eigenvalue weighted by Crippen LogP contribution is -2.17. The van der Waals surface area contributed by atoms with E-state index in [-0.39, 0.29) is 6.61 Å². The van der Waals surface area contributed by atoms with E-state index in [1.807, 2.05) is 55.2 Å². The third-order valence-electron chi connectivity index (χ3n) is 3.82. The van der Waals surface area contributed by atoms with E-state index >= 15 is 0 Å². The maximum atomic E-state index is 12.2. The van der Waals surface area contributed by atoms with E-state index in [2.05, 4.69) is 17.0 Å². The molecule has 3 rings (SSSR count). The van der Waals surface area contributed by atoms with E-state index < -0.39 is 13.0 Å². The van der Waals surface area contributed by atoms with Gasteiger partial charge in [0.2, 0.25) is 0 Å². The highest BCUT2D eigenvalue weighted by molar-refractivity contribution is 5.77. The molecule has 0 saturated heterocycles. The Hall–Kier alpha value is -2.60. The van der Waals surface area contributed by atoms with E-state index in [9.17, 15) is 4.39 Å². The number of fused-ring (bicyclic) bond motifs is 1. The highest BCUT2D eigenvalue weighted by Crippen LogP contribution is 2.29. The van der Waals surface area contributed by atoms with Crippen LogP contribution in [0.15, 0.2) is 48.8 Å². The molecule has 0 fully saturated rings. The van der Waals surface area contributed by atoms with E-state index in [0.717, 1.165) is 22.6 Å². The van der Waals surface area contributed by atoms with Crippen LogP contribution in [-0.4, -0.2) is 43.1 Å². The van der Waals surface area contributed by atoms with Gasteiger partial charge in [-0.2, -0.15) is 0 Å². The molecular formula is C19H22FN3O2. The largest absolute Gasteiger partial charge is 0.464 e. The summed E-state index contributed by atoms with van der Waals surface area (Å²) in [4.78, 5) is 6.76. The molecule has 25 heavy (non-hydrogen) atoms. The standard InChI is InChI=1S/C19H22FN3O2/c1-14(24-11-10-20)25-15-8-9-19-21-17(13-23(19)12-15)16-6-4-5-7-18(16)22(2)3/h4-9,12-14H,10-11H2,1-3H3. The maximum absolute atomic E-state index is 12.2. The number of alkyl halides is 1. The number of benzene rings is 1. The molecule has 6 heteroatoms. The monoisotopic (exact) mass is 343 g/mol. The molecule has 5 nitrogen and oxygen atoms in total. The molecule has 0 saturated carbocycles. The van der Waals surface area contributed by atoms with Gasteiger partial charge < -0.3 is 18.8 Å². The van der Waals surface area contributed by atoms with Crippen LogP contribution in [-0.2, 0) is 4.74 Å². The number of anilines is 1. The normalized spacial score (nSPS) is 12.3. The molecular weight excluding hydrogens is 321 g/mol. The smallest absolute Gasteiger partial charge is 0.197 e. The predicted octanol–water partition coefficient (Wildman–Crippen LogP) is 3.78. The Balaban J connectivity index is 1.88. The number of hydrogen-bond acceptors (Lipinski definition) is 4. The minimum absolute atomic E-state index is 0.0277. The van der Waals surface area contributed by atoms with E-state index in [0.29, 0.717) is 5.75 Å². The second-order valence-corrected chi connectivity index (χ2v) is 5.91. The molecule has 2 aromatic heterocycles. The summed E-state index contributed by atoms with van der Waals surface area (Å²) in [5, 5.41) is 0. The SMILES string of the molecule is CC(OCCF)Oc1ccc2nc(-c3ccccc3N(C)C)cn2c1. The van der Waals surface area contributed by atoms with Gasteiger partial charge in [0.05, 0.1) is 18.5 Å². The maximum Gasteiger partial charge on any atom is 0.197 e. The Kier molecular flexibility index (Phi) is 5.19. The molecule has 0 aliphatic rings. The fourth-order valence-corrected chi connectivity index (χ4v) is 2.69. The Labute approximate surface area is 146 Å². The highest BCUT2D eigenvalue weighted by Gasteiger charge is 2.11. The summed E-state index contributed by atoms with van der Waals surface area (Å²) >= 11 is 0. The summed E-state index contributed by atoms with van der Waals surface area (Å²) in [7, 11) is 4.03. The van der Waals surface area contributed by atoms with Gasteiger partial charge in [0.15, 0.2) is 6.29 Å². The van der Waals surface area contributed by atoms with Crippen molar-refractivity contribution in [3.63, 3.8) is 0 Å². The van der Waals surface area contributed by atoms with Crippen molar-refractivity contribution in [2.24, 2.45) is 0 Å². The summed E-state index contributed by atoms with van der Waals surface area (Å²) in [5.41, 5.74) is 3.89. The number of hydrogen-bond donors (Lipinski definition) is 0. The molecule has 0 N–H and O–H groups in total. The molecule has 132 valence electrons. The average Bonchev–Trinajstić information content (AvgIpc) is 3.03. The third-order valence-corrected chi connectivity index (χ3v) is 3.82. The van der Waals surface area contributed by atoms with Crippen molar-refractivity contribution in [1.82, 2.24) is 9.38 Å². The zero-order chi connectivity index (χ0) is 17.8. The molecule has 0 spiro atoms. The predicted molar refractivity (Wildman–Crippen MR) is 97.0 cm³/mol. The van der Waals surface area contributed by atoms with Crippen molar-refractivity contribution >= 4 is 11.3 Å². The lowest BCUT2D eigenvalue weighted by atomic mass is 10.1. The Morgan fingerprint density at radius 3 is 2.72 bits per heavy atom. The molecule has 0 bridgehead atoms. The molecule has 0 radical (unpaired) electrons. The number of nitrogens with zero attached hydrogens (tertiary/aromatic N) is 3. The van der Waals surface area contributed by atoms with E-state index in [1.54, 1.807) is 6.92 Å². The van der Waals surface area contributed by atoms with Gasteiger partial charge in [-0.3, -0.25) is 0 Å². The minimum Gasteiger partial charge on any atom is -0.464 e. The van der Waals surface area contributed by atoms with Crippen LogP contribution in [0, 0.1) is 0 Å². The van der Waals surface area contributed by atoms with Crippen LogP contribution in [0.3, 0.4) is 0 Å². The molecule has 1 aromatic carbocycles. The van der Waals surface area contributed by atoms with Crippen molar-refractivity contribution in [3.8, 4) is 17.0 Å². The van der Waals surface area contributed by atoms with E-state index in [1.165, 1.54) is 0 Å². The van der Waals surface area contributed by atoms with Crippen LogP contribution < -0.4 is 9.64 Å². The fraction of sp³-hybridized carbons (Fsp3) is 0.316. The second-order valence-electron chi connectivity index (χ2n) is 5.91. The van der Waals surface area contributed by atoms with Gasteiger partial charge in [-0.25, -0.2) is 9.37 Å². The van der Waals surface area contributed by atoms with Crippen molar-refractivity contribution in [3.05, 3.63) is 48.8 Å². The Morgan fingerprint density at radius 1 is 1.16 bits per heavy atom. The van der Waals surface area contributed by atoms with Gasteiger partial charge in [0.25, 0.3) is 0 Å². The van der Waals surface area contributed by atoms with Crippen molar-refractivity contribution in [1.29, 1.82) is 0 Å². The lowest BCUT2D eigenvalue weighted by Gasteiger charge is -2.15. The van der Waals surface area contributed by atoms with Crippen LogP contribution in [0.4, 0.5) is 10.1 Å². The van der Waals surface area contributed by atoms with Gasteiger partial charge in [-0.15, -0.1) is 0 Å². The molecule has 2 heterocycles. The molecule has 0 aliphatic carbocycles. The van der Waals surface area contributed by atoms with Crippen LogP contribution in [0.5, 0.6) is 5.75 Å². The first-order valence-electron chi connectivity index (χ1n) is 8.18. The van der Waals surface area contributed by atoms with Crippen molar-refractivity contribution in [2.75, 3.05) is 32.3 Å².